The van der Waals surface area contributed by atoms with E-state index in [0.717, 1.165) is 11.1 Å². The van der Waals surface area contributed by atoms with Gasteiger partial charge >= 0.3 is 0 Å². The summed E-state index contributed by atoms with van der Waals surface area (Å²) in [5.74, 6) is -1.20. The first-order valence-corrected chi connectivity index (χ1v) is 12.8. The van der Waals surface area contributed by atoms with Gasteiger partial charge in [0.2, 0.25) is 0 Å². The third kappa shape index (κ3) is 7.32. The highest BCUT2D eigenvalue weighted by Gasteiger charge is 2.16. The van der Waals surface area contributed by atoms with Gasteiger partial charge in [0, 0.05) is 16.8 Å². The first-order chi connectivity index (χ1) is 18.8. The molecule has 7 heteroatoms. The van der Waals surface area contributed by atoms with Crippen LogP contribution >= 0.6 is 23.2 Å². The summed E-state index contributed by atoms with van der Waals surface area (Å²) >= 11 is 12.4. The molecular formula is C32H24Cl2N2O3. The summed E-state index contributed by atoms with van der Waals surface area (Å²) in [6.45, 7) is 1.98. The Morgan fingerprint density at radius 1 is 0.718 bits per heavy atom. The second kappa shape index (κ2) is 12.9. The summed E-state index contributed by atoms with van der Waals surface area (Å²) < 4.78 is 0. The van der Waals surface area contributed by atoms with Crippen LogP contribution in [0, 0.1) is 6.92 Å². The van der Waals surface area contributed by atoms with Crippen molar-refractivity contribution < 1.29 is 14.4 Å². The number of amides is 2. The molecule has 0 atom stereocenters. The number of hydrogen-bond donors (Lipinski definition) is 2. The van der Waals surface area contributed by atoms with Crippen LogP contribution in [0.25, 0.3) is 12.2 Å². The minimum atomic E-state index is -0.575. The van der Waals surface area contributed by atoms with Gasteiger partial charge in [-0.3, -0.25) is 14.4 Å². The second-order valence-electron chi connectivity index (χ2n) is 8.61. The number of allylic oxidation sites excluding steroid dienone is 1. The summed E-state index contributed by atoms with van der Waals surface area (Å²) in [5.41, 5.74) is 3.76. The Balaban J connectivity index is 1.53. The maximum Gasteiger partial charge on any atom is 0.272 e. The third-order valence-corrected chi connectivity index (χ3v) is 6.67. The molecular weight excluding hydrogens is 531 g/mol. The zero-order valence-corrected chi connectivity index (χ0v) is 22.5. The fraction of sp³-hybridized carbons (Fsp3) is 0.0312. The number of halogens is 2. The molecule has 0 radical (unpaired) electrons. The normalized spacial score (nSPS) is 11.3. The molecule has 4 aromatic carbocycles. The fourth-order valence-corrected chi connectivity index (χ4v) is 4.04. The summed E-state index contributed by atoms with van der Waals surface area (Å²) in [7, 11) is 0. The Labute approximate surface area is 236 Å². The predicted octanol–water partition coefficient (Wildman–Crippen LogP) is 7.61. The van der Waals surface area contributed by atoms with Crippen LogP contribution in [-0.4, -0.2) is 17.6 Å². The molecule has 0 fully saturated rings. The highest BCUT2D eigenvalue weighted by Crippen LogP contribution is 2.27. The number of hydrogen-bond acceptors (Lipinski definition) is 3. The van der Waals surface area contributed by atoms with E-state index in [1.807, 2.05) is 31.2 Å². The van der Waals surface area contributed by atoms with Crippen LogP contribution in [0.3, 0.4) is 0 Å². The number of ketones is 1. The molecule has 194 valence electrons. The number of carbonyl (C=O) groups is 3. The Bertz CT molecular complexity index is 1580. The maximum absolute atomic E-state index is 13.2. The van der Waals surface area contributed by atoms with Crippen molar-refractivity contribution in [2.45, 2.75) is 6.92 Å². The molecule has 0 spiro atoms. The number of carbonyl (C=O) groups excluding carboxylic acids is 3. The van der Waals surface area contributed by atoms with Gasteiger partial charge in [-0.1, -0.05) is 83.9 Å². The molecule has 0 bridgehead atoms. The molecule has 2 N–H and O–H groups in total. The van der Waals surface area contributed by atoms with Crippen molar-refractivity contribution >= 4 is 58.6 Å². The number of nitrogens with one attached hydrogen (secondary N) is 2. The van der Waals surface area contributed by atoms with Crippen molar-refractivity contribution in [1.29, 1.82) is 0 Å². The summed E-state index contributed by atoms with van der Waals surface area (Å²) in [4.78, 5) is 38.7. The molecule has 0 unspecified atom stereocenters. The SMILES string of the molecule is Cc1ccccc1/C=C/C(=O)c1ccc(NC(=O)/C(=C/c2cccc(Cl)c2Cl)NC(=O)c2ccccc2)cc1. The molecule has 0 heterocycles. The van der Waals surface area contributed by atoms with E-state index >= 15 is 0 Å². The topological polar surface area (TPSA) is 75.3 Å². The summed E-state index contributed by atoms with van der Waals surface area (Å²) in [6, 6.07) is 27.8. The van der Waals surface area contributed by atoms with Crippen LogP contribution in [-0.2, 0) is 4.79 Å². The van der Waals surface area contributed by atoms with Crippen molar-refractivity contribution in [1.82, 2.24) is 5.32 Å². The number of anilines is 1. The molecule has 0 aliphatic heterocycles. The van der Waals surface area contributed by atoms with E-state index in [2.05, 4.69) is 10.6 Å². The Morgan fingerprint density at radius 2 is 1.38 bits per heavy atom. The lowest BCUT2D eigenvalue weighted by Crippen LogP contribution is -2.30. The van der Waals surface area contributed by atoms with Gasteiger partial charge in [-0.05, 0) is 78.2 Å². The van der Waals surface area contributed by atoms with E-state index in [0.29, 0.717) is 27.4 Å². The quantitative estimate of drug-likeness (QED) is 0.174. The molecule has 0 saturated heterocycles. The van der Waals surface area contributed by atoms with Gasteiger partial charge in [0.1, 0.15) is 5.70 Å². The predicted molar refractivity (Wildman–Crippen MR) is 158 cm³/mol. The van der Waals surface area contributed by atoms with Gasteiger partial charge < -0.3 is 10.6 Å². The molecule has 0 aliphatic carbocycles. The lowest BCUT2D eigenvalue weighted by Gasteiger charge is -2.12. The first-order valence-electron chi connectivity index (χ1n) is 12.0. The third-order valence-electron chi connectivity index (χ3n) is 5.84. The van der Waals surface area contributed by atoms with Crippen LogP contribution in [0.4, 0.5) is 5.69 Å². The lowest BCUT2D eigenvalue weighted by atomic mass is 10.1. The highest BCUT2D eigenvalue weighted by molar-refractivity contribution is 6.43. The zero-order chi connectivity index (χ0) is 27.8. The van der Waals surface area contributed by atoms with Crippen LogP contribution in [0.2, 0.25) is 10.0 Å². The van der Waals surface area contributed by atoms with Crippen molar-refractivity contribution in [3.05, 3.63) is 147 Å². The van der Waals surface area contributed by atoms with E-state index in [1.165, 1.54) is 12.2 Å². The second-order valence-corrected chi connectivity index (χ2v) is 9.39. The van der Waals surface area contributed by atoms with Crippen molar-refractivity contribution in [2.24, 2.45) is 0 Å². The van der Waals surface area contributed by atoms with Crippen LogP contribution in [0.1, 0.15) is 37.4 Å². The summed E-state index contributed by atoms with van der Waals surface area (Å²) in [6.07, 6.45) is 4.75. The van der Waals surface area contributed by atoms with E-state index in [9.17, 15) is 14.4 Å². The van der Waals surface area contributed by atoms with Crippen molar-refractivity contribution in [3.63, 3.8) is 0 Å². The molecule has 39 heavy (non-hydrogen) atoms. The monoisotopic (exact) mass is 554 g/mol. The highest BCUT2D eigenvalue weighted by atomic mass is 35.5. The van der Waals surface area contributed by atoms with Crippen molar-refractivity contribution in [2.75, 3.05) is 5.32 Å². The standard InChI is InChI=1S/C32H24Cl2N2O3/c1-21-8-5-6-9-22(21)16-19-29(37)23-14-17-26(18-15-23)35-32(39)28(20-25-12-7-13-27(33)30(25)34)36-31(38)24-10-3-2-4-11-24/h2-20H,1H3,(H,35,39)(H,36,38)/b19-16+,28-20-. The van der Waals surface area contributed by atoms with Crippen LogP contribution in [0.5, 0.6) is 0 Å². The molecule has 0 saturated carbocycles. The van der Waals surface area contributed by atoms with E-state index < -0.39 is 11.8 Å². The minimum absolute atomic E-state index is 0.0330. The molecule has 2 amide bonds. The van der Waals surface area contributed by atoms with Gasteiger partial charge in [-0.25, -0.2) is 0 Å². The fourth-order valence-electron chi connectivity index (χ4n) is 3.68. The number of rotatable bonds is 8. The van der Waals surface area contributed by atoms with Crippen LogP contribution in [0.15, 0.2) is 109 Å². The van der Waals surface area contributed by atoms with E-state index in [-0.39, 0.29) is 16.5 Å². The molecule has 5 nitrogen and oxygen atoms in total. The molecule has 0 aromatic heterocycles. The molecule has 0 aliphatic rings. The summed E-state index contributed by atoms with van der Waals surface area (Å²) in [5, 5.41) is 5.98. The Kier molecular flexibility index (Phi) is 9.10. The van der Waals surface area contributed by atoms with Crippen LogP contribution < -0.4 is 10.6 Å². The van der Waals surface area contributed by atoms with Crippen molar-refractivity contribution in [3.8, 4) is 0 Å². The Morgan fingerprint density at radius 3 is 2.10 bits per heavy atom. The molecule has 4 rings (SSSR count). The van der Waals surface area contributed by atoms with Gasteiger partial charge in [-0.15, -0.1) is 0 Å². The largest absolute Gasteiger partial charge is 0.321 e. The van der Waals surface area contributed by atoms with Gasteiger partial charge in [0.15, 0.2) is 5.78 Å². The maximum atomic E-state index is 13.2. The zero-order valence-electron chi connectivity index (χ0n) is 21.0. The van der Waals surface area contributed by atoms with Gasteiger partial charge in [0.05, 0.1) is 10.0 Å². The first kappa shape index (κ1) is 27.6. The lowest BCUT2D eigenvalue weighted by molar-refractivity contribution is -0.113. The average molecular weight is 555 g/mol. The smallest absolute Gasteiger partial charge is 0.272 e. The van der Waals surface area contributed by atoms with E-state index in [4.69, 9.17) is 23.2 Å². The van der Waals surface area contributed by atoms with Gasteiger partial charge in [-0.2, -0.15) is 0 Å². The minimum Gasteiger partial charge on any atom is -0.321 e. The number of aryl methyl sites for hydroxylation is 1. The number of benzene rings is 4. The average Bonchev–Trinajstić information content (AvgIpc) is 2.95. The van der Waals surface area contributed by atoms with Gasteiger partial charge in [0.25, 0.3) is 11.8 Å². The molecule has 4 aromatic rings. The Hall–Kier alpha value is -4.45. The van der Waals surface area contributed by atoms with E-state index in [1.54, 1.807) is 78.9 Å².